The summed E-state index contributed by atoms with van der Waals surface area (Å²) in [6.07, 6.45) is 2.52. The summed E-state index contributed by atoms with van der Waals surface area (Å²) in [7, 11) is -3.51. The standard InChI is InChI=1S/C11H15N3O3S2/c1-11(2,19(3,16)17)9(15)14-10-13-7-8(18-10)5-4-6-12/h7H,6,12H2,1-3H3,(H,13,14,15). The molecule has 0 aliphatic heterocycles. The van der Waals surface area contributed by atoms with Crippen molar-refractivity contribution in [2.75, 3.05) is 18.1 Å². The van der Waals surface area contributed by atoms with E-state index in [9.17, 15) is 13.2 Å². The van der Waals surface area contributed by atoms with E-state index >= 15 is 0 Å². The van der Waals surface area contributed by atoms with E-state index < -0.39 is 20.5 Å². The normalized spacial score (nSPS) is 11.6. The molecule has 0 saturated heterocycles. The molecule has 104 valence electrons. The third kappa shape index (κ3) is 3.76. The van der Waals surface area contributed by atoms with Crippen LogP contribution in [0.15, 0.2) is 6.20 Å². The zero-order chi connectivity index (χ0) is 14.7. The van der Waals surface area contributed by atoms with Crippen LogP contribution in [0.3, 0.4) is 0 Å². The fourth-order valence-electron chi connectivity index (χ4n) is 0.944. The van der Waals surface area contributed by atoms with Gasteiger partial charge in [0.15, 0.2) is 15.0 Å². The van der Waals surface area contributed by atoms with Crippen molar-refractivity contribution < 1.29 is 13.2 Å². The zero-order valence-electron chi connectivity index (χ0n) is 10.9. The Morgan fingerprint density at radius 3 is 2.74 bits per heavy atom. The van der Waals surface area contributed by atoms with Crippen molar-refractivity contribution in [2.24, 2.45) is 5.73 Å². The summed E-state index contributed by atoms with van der Waals surface area (Å²) in [5.74, 6) is 4.82. The average molecular weight is 301 g/mol. The lowest BCUT2D eigenvalue weighted by molar-refractivity contribution is -0.117. The highest BCUT2D eigenvalue weighted by atomic mass is 32.2. The first-order chi connectivity index (χ1) is 8.68. The van der Waals surface area contributed by atoms with Crippen molar-refractivity contribution in [3.05, 3.63) is 11.1 Å². The Hall–Kier alpha value is -1.43. The summed E-state index contributed by atoms with van der Waals surface area (Å²) in [4.78, 5) is 16.5. The molecule has 1 aromatic heterocycles. The first-order valence-corrected chi connectivity index (χ1v) is 8.05. The minimum Gasteiger partial charge on any atom is -0.320 e. The average Bonchev–Trinajstić information content (AvgIpc) is 2.72. The molecule has 1 rings (SSSR count). The lowest BCUT2D eigenvalue weighted by Crippen LogP contribution is -2.43. The molecule has 8 heteroatoms. The molecule has 0 atom stereocenters. The van der Waals surface area contributed by atoms with Crippen molar-refractivity contribution in [1.29, 1.82) is 0 Å². The molecular formula is C11H15N3O3S2. The molecule has 0 bridgehead atoms. The quantitative estimate of drug-likeness (QED) is 0.777. The van der Waals surface area contributed by atoms with Gasteiger partial charge in [-0.15, -0.1) is 0 Å². The van der Waals surface area contributed by atoms with E-state index in [0.717, 1.165) is 17.6 Å². The number of carbonyl (C=O) groups excluding carboxylic acids is 1. The second-order valence-electron chi connectivity index (χ2n) is 4.27. The maximum absolute atomic E-state index is 11.9. The van der Waals surface area contributed by atoms with Crippen LogP contribution < -0.4 is 11.1 Å². The Balaban J connectivity index is 2.86. The van der Waals surface area contributed by atoms with Gasteiger partial charge in [0.05, 0.1) is 17.6 Å². The van der Waals surface area contributed by atoms with Crippen LogP contribution in [0.2, 0.25) is 0 Å². The Bertz CT molecular complexity index is 636. The van der Waals surface area contributed by atoms with Crippen molar-refractivity contribution in [1.82, 2.24) is 4.98 Å². The largest absolute Gasteiger partial charge is 0.320 e. The number of nitrogens with one attached hydrogen (secondary N) is 1. The van der Waals surface area contributed by atoms with Crippen LogP contribution in [0.25, 0.3) is 0 Å². The number of thiazole rings is 1. The van der Waals surface area contributed by atoms with Gasteiger partial charge in [-0.3, -0.25) is 4.79 Å². The predicted octanol–water partition coefficient (Wildman–Crippen LogP) is 0.215. The van der Waals surface area contributed by atoms with Gasteiger partial charge in [0.2, 0.25) is 5.91 Å². The van der Waals surface area contributed by atoms with Crippen molar-refractivity contribution >= 4 is 32.2 Å². The second-order valence-corrected chi connectivity index (χ2v) is 7.87. The first-order valence-electron chi connectivity index (χ1n) is 5.34. The van der Waals surface area contributed by atoms with Gasteiger partial charge in [-0.1, -0.05) is 23.2 Å². The molecule has 6 nitrogen and oxygen atoms in total. The van der Waals surface area contributed by atoms with Gasteiger partial charge in [-0.25, -0.2) is 13.4 Å². The minimum absolute atomic E-state index is 0.237. The number of aromatic nitrogens is 1. The Morgan fingerprint density at radius 2 is 2.21 bits per heavy atom. The summed E-state index contributed by atoms with van der Waals surface area (Å²) in [6.45, 7) is 2.93. The monoisotopic (exact) mass is 301 g/mol. The smallest absolute Gasteiger partial charge is 0.247 e. The van der Waals surface area contributed by atoms with Crippen molar-refractivity contribution in [3.63, 3.8) is 0 Å². The maximum Gasteiger partial charge on any atom is 0.247 e. The van der Waals surface area contributed by atoms with Crippen LogP contribution in [0, 0.1) is 11.8 Å². The topological polar surface area (TPSA) is 102 Å². The molecule has 1 amide bonds. The highest BCUT2D eigenvalue weighted by Gasteiger charge is 2.38. The third-order valence-corrected chi connectivity index (χ3v) is 5.38. The lowest BCUT2D eigenvalue weighted by atomic mass is 10.2. The number of sulfone groups is 1. The summed E-state index contributed by atoms with van der Waals surface area (Å²) in [5.41, 5.74) is 5.24. The molecule has 3 N–H and O–H groups in total. The zero-order valence-corrected chi connectivity index (χ0v) is 12.5. The molecule has 0 spiro atoms. The fourth-order valence-corrected chi connectivity index (χ4v) is 2.02. The summed E-state index contributed by atoms with van der Waals surface area (Å²) < 4.78 is 21.5. The Labute approximate surface area is 116 Å². The molecule has 0 saturated carbocycles. The Kier molecular flexibility index (Phi) is 4.68. The predicted molar refractivity (Wildman–Crippen MR) is 75.6 cm³/mol. The number of hydrogen-bond donors (Lipinski definition) is 2. The molecule has 0 aromatic carbocycles. The maximum atomic E-state index is 11.9. The number of nitrogens with zero attached hydrogens (tertiary/aromatic N) is 1. The van der Waals surface area contributed by atoms with E-state index in [1.54, 1.807) is 0 Å². The lowest BCUT2D eigenvalue weighted by Gasteiger charge is -2.20. The molecule has 19 heavy (non-hydrogen) atoms. The van der Waals surface area contributed by atoms with Gasteiger partial charge in [0.1, 0.15) is 4.75 Å². The van der Waals surface area contributed by atoms with Crippen LogP contribution in [-0.2, 0) is 14.6 Å². The van der Waals surface area contributed by atoms with Gasteiger partial charge < -0.3 is 11.1 Å². The van der Waals surface area contributed by atoms with E-state index in [1.807, 2.05) is 0 Å². The van der Waals surface area contributed by atoms with Crippen LogP contribution in [0.4, 0.5) is 5.13 Å². The third-order valence-electron chi connectivity index (χ3n) is 2.51. The highest BCUT2D eigenvalue weighted by Crippen LogP contribution is 2.21. The molecular weight excluding hydrogens is 286 g/mol. The second kappa shape index (κ2) is 5.69. The summed E-state index contributed by atoms with van der Waals surface area (Å²) in [6, 6.07) is 0. The van der Waals surface area contributed by atoms with Gasteiger partial charge in [0, 0.05) is 6.26 Å². The fraction of sp³-hybridized carbons (Fsp3) is 0.455. The molecule has 0 aliphatic rings. The van der Waals surface area contributed by atoms with Crippen LogP contribution in [-0.4, -0.2) is 36.9 Å². The van der Waals surface area contributed by atoms with E-state index in [2.05, 4.69) is 22.1 Å². The van der Waals surface area contributed by atoms with Crippen molar-refractivity contribution in [3.8, 4) is 11.8 Å². The van der Waals surface area contributed by atoms with Crippen LogP contribution >= 0.6 is 11.3 Å². The molecule has 1 aromatic rings. The van der Waals surface area contributed by atoms with E-state index in [0.29, 0.717) is 10.0 Å². The van der Waals surface area contributed by atoms with Crippen LogP contribution in [0.5, 0.6) is 0 Å². The van der Waals surface area contributed by atoms with Crippen LogP contribution in [0.1, 0.15) is 18.7 Å². The number of amides is 1. The minimum atomic E-state index is -3.51. The molecule has 1 heterocycles. The highest BCUT2D eigenvalue weighted by molar-refractivity contribution is 7.92. The molecule has 0 radical (unpaired) electrons. The van der Waals surface area contributed by atoms with Crippen molar-refractivity contribution in [2.45, 2.75) is 18.6 Å². The number of anilines is 1. The molecule has 0 aliphatic carbocycles. The SMILES string of the molecule is CC(C)(C(=O)Nc1ncc(C#CCN)s1)S(C)(=O)=O. The summed E-state index contributed by atoms with van der Waals surface area (Å²) >= 11 is 1.16. The van der Waals surface area contributed by atoms with E-state index in [1.165, 1.54) is 20.0 Å². The Morgan fingerprint density at radius 1 is 1.58 bits per heavy atom. The van der Waals surface area contributed by atoms with Gasteiger partial charge in [0.25, 0.3) is 0 Å². The number of carbonyl (C=O) groups is 1. The molecule has 0 unspecified atom stereocenters. The van der Waals surface area contributed by atoms with Gasteiger partial charge in [-0.05, 0) is 13.8 Å². The number of nitrogens with two attached hydrogens (primary N) is 1. The molecule has 0 fully saturated rings. The van der Waals surface area contributed by atoms with Gasteiger partial charge >= 0.3 is 0 Å². The number of rotatable bonds is 3. The first kappa shape index (κ1) is 15.6. The number of hydrogen-bond acceptors (Lipinski definition) is 6. The van der Waals surface area contributed by atoms with E-state index in [-0.39, 0.29) is 6.54 Å². The van der Waals surface area contributed by atoms with Gasteiger partial charge in [-0.2, -0.15) is 0 Å². The van der Waals surface area contributed by atoms with E-state index in [4.69, 9.17) is 5.73 Å². The summed E-state index contributed by atoms with van der Waals surface area (Å²) in [5, 5.41) is 2.78.